The summed E-state index contributed by atoms with van der Waals surface area (Å²) in [6.07, 6.45) is 5.04. The molecular formula is C37H56NOSiTi. The molecule has 5 rings (SSSR count). The molecule has 0 amide bonds. The van der Waals surface area contributed by atoms with Crippen LogP contribution in [-0.2, 0) is 27.1 Å². The van der Waals surface area contributed by atoms with Crippen LogP contribution in [0.15, 0.2) is 53.6 Å². The number of likely N-dealkylation sites (N-methyl/N-ethyl adjacent to an activating group) is 1. The largest absolute Gasteiger partial charge is 3.00 e. The maximum atomic E-state index is 12.0. The molecule has 41 heavy (non-hydrogen) atoms. The van der Waals surface area contributed by atoms with Crippen molar-refractivity contribution in [2.45, 2.75) is 97.3 Å². The molecule has 0 saturated heterocycles. The second-order valence-electron chi connectivity index (χ2n) is 13.4. The second kappa shape index (κ2) is 13.0. The van der Waals surface area contributed by atoms with Crippen LogP contribution in [0.4, 0.5) is 5.69 Å². The van der Waals surface area contributed by atoms with Crippen molar-refractivity contribution in [2.24, 2.45) is 11.8 Å². The molecule has 0 bridgehead atoms. The molecule has 223 valence electrons. The van der Waals surface area contributed by atoms with Crippen molar-refractivity contribution in [2.75, 3.05) is 11.9 Å². The maximum Gasteiger partial charge on any atom is 3.00 e. The molecular weight excluding hydrogens is 550 g/mol. The molecule has 0 spiro atoms. The molecule has 1 radical (unpaired) electrons. The first kappa shape index (κ1) is 37.5. The van der Waals surface area contributed by atoms with Crippen molar-refractivity contribution in [3.05, 3.63) is 98.2 Å². The Kier molecular flexibility index (Phi) is 11.9. The van der Waals surface area contributed by atoms with Crippen LogP contribution in [0.5, 0.6) is 5.75 Å². The Balaban J connectivity index is 0.00000210. The number of hydrogen-bond donors (Lipinski definition) is 1. The zero-order valence-electron chi connectivity index (χ0n) is 28.2. The van der Waals surface area contributed by atoms with Crippen LogP contribution in [0.1, 0.15) is 76.6 Å². The molecule has 1 fully saturated rings. The Bertz CT molecular complexity index is 1300. The SMILES string of the molecule is CC[Si](CC)(c1cc(C)cc(C(C)(C)C)c1O)C1C2C(C)=CC(C)=CC2C2C1c1cc(C)ccc1N2C.[CH3-].[CH3-].[CH3-].[Ti+3]. The number of nitrogens with zero attached hydrogens (tertiary/aromatic N) is 1. The van der Waals surface area contributed by atoms with Crippen molar-refractivity contribution in [1.29, 1.82) is 0 Å². The third kappa shape index (κ3) is 5.61. The number of fused-ring (bicyclic) bond motifs is 5. The average Bonchev–Trinajstić information content (AvgIpc) is 3.30. The molecule has 1 heterocycles. The van der Waals surface area contributed by atoms with Gasteiger partial charge in [0, 0.05) is 30.6 Å². The van der Waals surface area contributed by atoms with E-state index in [0.717, 1.165) is 17.7 Å². The minimum atomic E-state index is -2.19. The molecule has 2 aliphatic carbocycles. The van der Waals surface area contributed by atoms with E-state index in [1.807, 2.05) is 0 Å². The van der Waals surface area contributed by atoms with E-state index in [-0.39, 0.29) is 49.4 Å². The van der Waals surface area contributed by atoms with Crippen LogP contribution in [0, 0.1) is 48.0 Å². The third-order valence-electron chi connectivity index (χ3n) is 10.3. The number of aromatic hydroxyl groups is 1. The van der Waals surface area contributed by atoms with E-state index in [4.69, 9.17) is 0 Å². The summed E-state index contributed by atoms with van der Waals surface area (Å²) in [5, 5.41) is 13.4. The van der Waals surface area contributed by atoms with E-state index < -0.39 is 8.07 Å². The molecule has 1 aliphatic heterocycles. The number of phenolic OH excluding ortho intramolecular Hbond substituents is 1. The Morgan fingerprint density at radius 1 is 0.878 bits per heavy atom. The summed E-state index contributed by atoms with van der Waals surface area (Å²) in [5.74, 6) is 2.12. The van der Waals surface area contributed by atoms with Crippen LogP contribution >= 0.6 is 0 Å². The van der Waals surface area contributed by atoms with E-state index in [0.29, 0.717) is 35.1 Å². The standard InChI is InChI=1S/C34H47NOSi.3CH3.Ti/c1-11-37(12-2,28-19-22(5)18-26(32(28)36)34(7,8)9)33-29-23(6)15-21(4)17-25(29)31-30(33)24-16-20(3)13-14-27(24)35(31)10;;;;/h13-19,25,29-31,33,36H,11-12H2,1-10H3;3*1H3;/q;3*-1;+3. The zero-order valence-corrected chi connectivity index (χ0v) is 30.8. The number of rotatable bonds is 4. The van der Waals surface area contributed by atoms with Gasteiger partial charge in [-0.25, -0.2) is 0 Å². The van der Waals surface area contributed by atoms with Crippen LogP contribution < -0.4 is 10.1 Å². The van der Waals surface area contributed by atoms with E-state index >= 15 is 0 Å². The Morgan fingerprint density at radius 3 is 2.05 bits per heavy atom. The van der Waals surface area contributed by atoms with Crippen molar-refractivity contribution in [1.82, 2.24) is 0 Å². The fourth-order valence-corrected chi connectivity index (χ4v) is 14.6. The van der Waals surface area contributed by atoms with Gasteiger partial charge < -0.3 is 32.3 Å². The van der Waals surface area contributed by atoms with E-state index in [9.17, 15) is 5.11 Å². The van der Waals surface area contributed by atoms with Gasteiger partial charge in [-0.3, -0.25) is 0 Å². The summed E-state index contributed by atoms with van der Waals surface area (Å²) in [5.41, 5.74) is 10.1. The fourth-order valence-electron chi connectivity index (χ4n) is 8.72. The van der Waals surface area contributed by atoms with E-state index in [2.05, 4.69) is 117 Å². The van der Waals surface area contributed by atoms with Crippen LogP contribution in [0.3, 0.4) is 0 Å². The Morgan fingerprint density at radius 2 is 1.49 bits per heavy atom. The average molecular weight is 607 g/mol. The minimum Gasteiger partial charge on any atom is -0.508 e. The summed E-state index contributed by atoms with van der Waals surface area (Å²) >= 11 is 0. The van der Waals surface area contributed by atoms with Crippen LogP contribution in [-0.4, -0.2) is 26.3 Å². The third-order valence-corrected chi connectivity index (χ3v) is 16.2. The van der Waals surface area contributed by atoms with Gasteiger partial charge >= 0.3 is 21.7 Å². The molecule has 1 saturated carbocycles. The first-order chi connectivity index (χ1) is 17.4. The molecule has 1 N–H and O–H groups in total. The Hall–Kier alpha value is -1.55. The van der Waals surface area contributed by atoms with Gasteiger partial charge in [-0.2, -0.15) is 0 Å². The number of hydrogen-bond acceptors (Lipinski definition) is 2. The monoisotopic (exact) mass is 606 g/mol. The number of aryl methyl sites for hydroxylation is 2. The summed E-state index contributed by atoms with van der Waals surface area (Å²) in [4.78, 5) is 2.61. The molecule has 0 aromatic heterocycles. The van der Waals surface area contributed by atoms with Gasteiger partial charge in [-0.05, 0) is 66.9 Å². The summed E-state index contributed by atoms with van der Waals surface area (Å²) in [6, 6.07) is 14.5. The normalized spacial score (nSPS) is 24.3. The molecule has 4 heteroatoms. The van der Waals surface area contributed by atoms with Gasteiger partial charge in [0.2, 0.25) is 0 Å². The van der Waals surface area contributed by atoms with Gasteiger partial charge in [0.25, 0.3) is 0 Å². The van der Waals surface area contributed by atoms with Crippen LogP contribution in [0.25, 0.3) is 0 Å². The van der Waals surface area contributed by atoms with Crippen molar-refractivity contribution < 1.29 is 26.8 Å². The van der Waals surface area contributed by atoms with Crippen molar-refractivity contribution >= 4 is 18.9 Å². The van der Waals surface area contributed by atoms with E-state index in [1.54, 1.807) is 11.1 Å². The number of benzene rings is 2. The first-order valence-electron chi connectivity index (χ1n) is 14.4. The van der Waals surface area contributed by atoms with E-state index in [1.165, 1.54) is 27.6 Å². The zero-order chi connectivity index (χ0) is 27.0. The first-order valence-corrected chi connectivity index (χ1v) is 16.9. The minimum absolute atomic E-state index is 0. The molecule has 5 unspecified atom stereocenters. The fraction of sp³-hybridized carbons (Fsp3) is 0.486. The topological polar surface area (TPSA) is 23.5 Å². The van der Waals surface area contributed by atoms with Gasteiger partial charge in [0.15, 0.2) is 0 Å². The molecule has 2 aromatic rings. The molecule has 2 aromatic carbocycles. The van der Waals surface area contributed by atoms with Gasteiger partial charge in [0.05, 0.1) is 8.07 Å². The van der Waals surface area contributed by atoms with Crippen LogP contribution in [0.2, 0.25) is 17.6 Å². The summed E-state index contributed by atoms with van der Waals surface area (Å²) in [6.45, 7) is 20.7. The quantitative estimate of drug-likeness (QED) is 0.277. The predicted octanol–water partition coefficient (Wildman–Crippen LogP) is 9.48. The smallest absolute Gasteiger partial charge is 0.508 e. The van der Waals surface area contributed by atoms with Crippen molar-refractivity contribution in [3.63, 3.8) is 0 Å². The molecule has 2 nitrogen and oxygen atoms in total. The molecule has 5 atom stereocenters. The predicted molar refractivity (Wildman–Crippen MR) is 181 cm³/mol. The van der Waals surface area contributed by atoms with Gasteiger partial charge in [-0.1, -0.05) is 105 Å². The number of phenols is 1. The van der Waals surface area contributed by atoms with Gasteiger partial charge in [0.1, 0.15) is 5.75 Å². The Labute approximate surface area is 269 Å². The summed E-state index contributed by atoms with van der Waals surface area (Å²) in [7, 11) is 0.139. The molecule has 3 aliphatic rings. The second-order valence-corrected chi connectivity index (χ2v) is 18.4. The van der Waals surface area contributed by atoms with Gasteiger partial charge in [-0.15, -0.1) is 0 Å². The number of anilines is 1. The summed E-state index contributed by atoms with van der Waals surface area (Å²) < 4.78 is 0. The number of allylic oxidation sites excluding steroid dienone is 3. The van der Waals surface area contributed by atoms with Crippen molar-refractivity contribution in [3.8, 4) is 5.75 Å². The maximum absolute atomic E-state index is 12.0.